The first-order chi connectivity index (χ1) is 13.4. The number of anilines is 2. The van der Waals surface area contributed by atoms with E-state index in [1.165, 1.54) is 18.2 Å². The van der Waals surface area contributed by atoms with E-state index in [0.717, 1.165) is 22.8 Å². The first kappa shape index (κ1) is 19.4. The molecule has 1 saturated carbocycles. The molecule has 1 aromatic heterocycles. The second kappa shape index (κ2) is 7.47. The molecule has 0 spiro atoms. The van der Waals surface area contributed by atoms with Crippen molar-refractivity contribution in [2.75, 3.05) is 12.4 Å². The number of carbonyl (C=O) groups is 1. The molecule has 148 valence electrons. The summed E-state index contributed by atoms with van der Waals surface area (Å²) in [5.41, 5.74) is 1.95. The van der Waals surface area contributed by atoms with E-state index in [-0.39, 0.29) is 23.2 Å². The predicted octanol–water partition coefficient (Wildman–Crippen LogP) is 3.76. The van der Waals surface area contributed by atoms with Crippen molar-refractivity contribution in [3.05, 3.63) is 54.8 Å². The van der Waals surface area contributed by atoms with Crippen molar-refractivity contribution in [2.24, 2.45) is 0 Å². The van der Waals surface area contributed by atoms with Crippen molar-refractivity contribution in [3.63, 3.8) is 0 Å². The maximum Gasteiger partial charge on any atom is 0.281 e. The Kier molecular flexibility index (Phi) is 5.17. The summed E-state index contributed by atoms with van der Waals surface area (Å²) in [7, 11) is 1.48. The molecule has 0 bridgehead atoms. The minimum atomic E-state index is -0.434. The van der Waals surface area contributed by atoms with Crippen LogP contribution in [0.15, 0.2) is 23.0 Å². The van der Waals surface area contributed by atoms with Gasteiger partial charge in [0.05, 0.1) is 30.1 Å². The van der Waals surface area contributed by atoms with E-state index >= 15 is 0 Å². The van der Waals surface area contributed by atoms with E-state index in [1.54, 1.807) is 23.6 Å². The van der Waals surface area contributed by atoms with Crippen molar-refractivity contribution >= 4 is 39.9 Å². The molecule has 1 N–H and O–H groups in total. The van der Waals surface area contributed by atoms with Gasteiger partial charge in [0.1, 0.15) is 5.82 Å². The van der Waals surface area contributed by atoms with Crippen LogP contribution >= 0.6 is 22.6 Å². The molecule has 1 amide bonds. The lowest BCUT2D eigenvalue weighted by Crippen LogP contribution is -2.35. The zero-order chi connectivity index (χ0) is 20.0. The van der Waals surface area contributed by atoms with Gasteiger partial charge in [-0.1, -0.05) is 0 Å². The molecule has 2 aromatic rings. The quantitative estimate of drug-likeness (QED) is 0.505. The summed E-state index contributed by atoms with van der Waals surface area (Å²) in [5, 5.41) is 4.41. The molecular weight excluding hydrogens is 476 g/mol. The molecule has 2 aliphatic rings. The van der Waals surface area contributed by atoms with Crippen LogP contribution in [-0.2, 0) is 17.8 Å². The van der Waals surface area contributed by atoms with Crippen LogP contribution < -0.4 is 10.9 Å². The number of rotatable bonds is 5. The van der Waals surface area contributed by atoms with Crippen LogP contribution in [0.25, 0.3) is 0 Å². The molecule has 2 heterocycles. The minimum Gasteiger partial charge on any atom is -0.352 e. The normalized spacial score (nSPS) is 15.4. The molecule has 1 aliphatic heterocycles. The van der Waals surface area contributed by atoms with E-state index in [2.05, 4.69) is 5.32 Å². The number of nitrogens with one attached hydrogen (secondary N) is 1. The smallest absolute Gasteiger partial charge is 0.281 e. The topological polar surface area (TPSA) is 63.6 Å². The molecule has 0 atom stereocenters. The fourth-order valence-electron chi connectivity index (χ4n) is 3.73. The Balaban J connectivity index is 1.88. The lowest BCUT2D eigenvalue weighted by molar-refractivity contribution is -0.102. The highest BCUT2D eigenvalue weighted by Crippen LogP contribution is 2.35. The van der Waals surface area contributed by atoms with Crippen molar-refractivity contribution < 1.29 is 14.0 Å². The van der Waals surface area contributed by atoms with Gasteiger partial charge in [-0.25, -0.2) is 9.45 Å². The highest BCUT2D eigenvalue weighted by Gasteiger charge is 2.37. The van der Waals surface area contributed by atoms with Crippen molar-refractivity contribution in [1.82, 2.24) is 9.63 Å². The zero-order valence-corrected chi connectivity index (χ0v) is 17.9. The van der Waals surface area contributed by atoms with Gasteiger partial charge in [-0.2, -0.15) is 0 Å². The van der Waals surface area contributed by atoms with Crippen molar-refractivity contribution in [1.29, 1.82) is 0 Å². The first-order valence-corrected chi connectivity index (χ1v) is 10.4. The standard InChI is InChI=1S/C20H21FIN3O3/c1-11-18(23-15-8-5-12(22)10-14(15)21)17(16-4-3-9-24(16)19(11)26)20(27)25(28-2)13-6-7-13/h5,8,10,13,23H,3-4,6-7,9H2,1-2H3. The Labute approximate surface area is 175 Å². The summed E-state index contributed by atoms with van der Waals surface area (Å²) in [6, 6.07) is 4.85. The van der Waals surface area contributed by atoms with Gasteiger partial charge in [0.25, 0.3) is 11.5 Å². The van der Waals surface area contributed by atoms with Crippen LogP contribution in [0.4, 0.5) is 15.8 Å². The summed E-state index contributed by atoms with van der Waals surface area (Å²) >= 11 is 2.04. The zero-order valence-electron chi connectivity index (χ0n) is 15.7. The highest BCUT2D eigenvalue weighted by atomic mass is 127. The largest absolute Gasteiger partial charge is 0.352 e. The van der Waals surface area contributed by atoms with Crippen molar-refractivity contribution in [3.8, 4) is 0 Å². The SMILES string of the molecule is CON(C(=O)c1c(Nc2ccc(I)cc2F)c(C)c(=O)n2c1CCC2)C1CC1. The second-order valence-electron chi connectivity index (χ2n) is 7.18. The third kappa shape index (κ3) is 3.32. The average molecular weight is 497 g/mol. The molecule has 1 aliphatic carbocycles. The summed E-state index contributed by atoms with van der Waals surface area (Å²) < 4.78 is 16.9. The van der Waals surface area contributed by atoms with Gasteiger partial charge < -0.3 is 9.88 Å². The summed E-state index contributed by atoms with van der Waals surface area (Å²) in [5.74, 6) is -0.719. The number of hydrogen-bond donors (Lipinski definition) is 1. The molecule has 1 aromatic carbocycles. The second-order valence-corrected chi connectivity index (χ2v) is 8.42. The molecule has 6 nitrogen and oxygen atoms in total. The minimum absolute atomic E-state index is 0.0506. The Morgan fingerprint density at radius 3 is 2.79 bits per heavy atom. The molecular formula is C20H21FIN3O3. The summed E-state index contributed by atoms with van der Waals surface area (Å²) in [6.07, 6.45) is 3.21. The van der Waals surface area contributed by atoms with E-state index in [0.29, 0.717) is 35.5 Å². The highest BCUT2D eigenvalue weighted by molar-refractivity contribution is 14.1. The van der Waals surface area contributed by atoms with E-state index in [1.807, 2.05) is 22.6 Å². The monoisotopic (exact) mass is 497 g/mol. The Morgan fingerprint density at radius 2 is 2.14 bits per heavy atom. The number of hydrogen-bond acceptors (Lipinski definition) is 4. The van der Waals surface area contributed by atoms with Gasteiger partial charge in [0, 0.05) is 21.4 Å². The molecule has 0 unspecified atom stereocenters. The van der Waals surface area contributed by atoms with E-state index in [4.69, 9.17) is 4.84 Å². The van der Waals surface area contributed by atoms with Crippen LogP contribution in [0.3, 0.4) is 0 Å². The number of halogens is 2. The molecule has 4 rings (SSSR count). The molecule has 1 fully saturated rings. The van der Waals surface area contributed by atoms with Gasteiger partial charge in [-0.15, -0.1) is 0 Å². The number of fused-ring (bicyclic) bond motifs is 1. The number of nitrogens with zero attached hydrogens (tertiary/aromatic N) is 2. The summed E-state index contributed by atoms with van der Waals surface area (Å²) in [4.78, 5) is 31.6. The Hall–Kier alpha value is -1.94. The van der Waals surface area contributed by atoms with E-state index in [9.17, 15) is 14.0 Å². The van der Waals surface area contributed by atoms with Crippen LogP contribution in [0.2, 0.25) is 0 Å². The lowest BCUT2D eigenvalue weighted by Gasteiger charge is -2.24. The molecule has 0 saturated heterocycles. The number of pyridine rings is 1. The number of benzene rings is 1. The van der Waals surface area contributed by atoms with Crippen LogP contribution in [-0.4, -0.2) is 28.7 Å². The predicted molar refractivity (Wildman–Crippen MR) is 112 cm³/mol. The maximum absolute atomic E-state index is 14.5. The third-order valence-electron chi connectivity index (χ3n) is 5.28. The fraction of sp³-hybridized carbons (Fsp3) is 0.400. The van der Waals surface area contributed by atoms with Crippen LogP contribution in [0.1, 0.15) is 40.9 Å². The average Bonchev–Trinajstić information content (AvgIpc) is 3.37. The van der Waals surface area contributed by atoms with Gasteiger partial charge in [-0.05, 0) is 73.4 Å². The van der Waals surface area contributed by atoms with Crippen LogP contribution in [0.5, 0.6) is 0 Å². The molecule has 0 radical (unpaired) electrons. The lowest BCUT2D eigenvalue weighted by atomic mass is 10.0. The maximum atomic E-state index is 14.5. The van der Waals surface area contributed by atoms with Gasteiger partial charge in [0.2, 0.25) is 0 Å². The molecule has 28 heavy (non-hydrogen) atoms. The summed E-state index contributed by atoms with van der Waals surface area (Å²) in [6.45, 7) is 2.26. The van der Waals surface area contributed by atoms with Gasteiger partial charge >= 0.3 is 0 Å². The number of carbonyl (C=O) groups excluding carboxylic acids is 1. The van der Waals surface area contributed by atoms with E-state index < -0.39 is 5.82 Å². The Morgan fingerprint density at radius 1 is 1.39 bits per heavy atom. The van der Waals surface area contributed by atoms with Crippen LogP contribution in [0, 0.1) is 16.3 Å². The number of amides is 1. The van der Waals surface area contributed by atoms with Gasteiger partial charge in [0.15, 0.2) is 0 Å². The number of hydroxylamine groups is 2. The van der Waals surface area contributed by atoms with Gasteiger partial charge in [-0.3, -0.25) is 14.4 Å². The first-order valence-electron chi connectivity index (χ1n) is 9.28. The molecule has 8 heteroatoms. The number of aromatic nitrogens is 1. The van der Waals surface area contributed by atoms with Crippen molar-refractivity contribution in [2.45, 2.75) is 45.2 Å². The third-order valence-corrected chi connectivity index (χ3v) is 5.95. The Bertz CT molecular complexity index is 1020. The fourth-order valence-corrected chi connectivity index (χ4v) is 4.18.